The number of pyridine rings is 1. The van der Waals surface area contributed by atoms with Crippen LogP contribution in [0.3, 0.4) is 0 Å². The highest BCUT2D eigenvalue weighted by Crippen LogP contribution is 2.35. The summed E-state index contributed by atoms with van der Waals surface area (Å²) in [5.74, 6) is 1.41. The third kappa shape index (κ3) is 2.44. The summed E-state index contributed by atoms with van der Waals surface area (Å²) >= 11 is 0. The Morgan fingerprint density at radius 2 is 1.88 bits per heavy atom. The highest BCUT2D eigenvalue weighted by atomic mass is 16.7. The van der Waals surface area contributed by atoms with E-state index in [9.17, 15) is 4.79 Å². The monoisotopic (exact) mass is 320 g/mol. The first-order chi connectivity index (χ1) is 11.8. The molecule has 1 aromatic heterocycles. The first kappa shape index (κ1) is 14.5. The van der Waals surface area contributed by atoms with Crippen molar-refractivity contribution in [1.29, 1.82) is 0 Å². The fraction of sp³-hybridized carbons (Fsp3) is 0.158. The van der Waals surface area contributed by atoms with Crippen LogP contribution in [0.15, 0.2) is 53.3 Å². The lowest BCUT2D eigenvalue weighted by molar-refractivity contribution is 0.174. The van der Waals surface area contributed by atoms with Gasteiger partial charge in [-0.25, -0.2) is 4.98 Å². The molecule has 0 saturated carbocycles. The minimum Gasteiger partial charge on any atom is -0.454 e. The van der Waals surface area contributed by atoms with Gasteiger partial charge in [0.15, 0.2) is 11.5 Å². The molecular weight excluding hydrogens is 304 g/mol. The van der Waals surface area contributed by atoms with E-state index in [-0.39, 0.29) is 12.2 Å². The van der Waals surface area contributed by atoms with Gasteiger partial charge in [0.25, 0.3) is 0 Å². The summed E-state index contributed by atoms with van der Waals surface area (Å²) in [6, 6.07) is 14.8. The van der Waals surface area contributed by atoms with Crippen molar-refractivity contribution in [2.75, 3.05) is 18.7 Å². The van der Waals surface area contributed by atoms with Gasteiger partial charge in [-0.15, -0.1) is 0 Å². The summed E-state index contributed by atoms with van der Waals surface area (Å²) in [6.07, 6.45) is 0. The van der Waals surface area contributed by atoms with Gasteiger partial charge >= 0.3 is 0 Å². The van der Waals surface area contributed by atoms with Crippen molar-refractivity contribution in [1.82, 2.24) is 4.98 Å². The zero-order valence-corrected chi connectivity index (χ0v) is 13.2. The van der Waals surface area contributed by atoms with E-state index in [0.29, 0.717) is 29.2 Å². The maximum absolute atomic E-state index is 12.7. The van der Waals surface area contributed by atoms with Gasteiger partial charge < -0.3 is 14.8 Å². The quantitative estimate of drug-likeness (QED) is 0.801. The molecular formula is C19H16N2O3. The van der Waals surface area contributed by atoms with Crippen LogP contribution in [0.25, 0.3) is 22.2 Å². The largest absolute Gasteiger partial charge is 0.454 e. The molecule has 5 nitrogen and oxygen atoms in total. The molecule has 5 heteroatoms. The van der Waals surface area contributed by atoms with Gasteiger partial charge in [-0.1, -0.05) is 18.2 Å². The van der Waals surface area contributed by atoms with Crippen LogP contribution in [0.4, 0.5) is 5.69 Å². The SMILES string of the molecule is CCNc1ccccc(-c2ccc3cc4c(cc3n2)OCO4)c1=O. The number of fused-ring (bicyclic) bond motifs is 2. The molecule has 0 fully saturated rings. The van der Waals surface area contributed by atoms with Crippen molar-refractivity contribution in [2.45, 2.75) is 6.92 Å². The lowest BCUT2D eigenvalue weighted by Crippen LogP contribution is -2.11. The van der Waals surface area contributed by atoms with Gasteiger partial charge in [-0.3, -0.25) is 4.79 Å². The van der Waals surface area contributed by atoms with E-state index in [1.807, 2.05) is 43.3 Å². The maximum Gasteiger partial charge on any atom is 0.231 e. The lowest BCUT2D eigenvalue weighted by atomic mass is 10.1. The Balaban J connectivity index is 1.88. The average Bonchev–Trinajstić information content (AvgIpc) is 2.97. The second-order valence-corrected chi connectivity index (χ2v) is 5.50. The van der Waals surface area contributed by atoms with Gasteiger partial charge in [-0.2, -0.15) is 0 Å². The smallest absolute Gasteiger partial charge is 0.231 e. The number of hydrogen-bond donors (Lipinski definition) is 1. The van der Waals surface area contributed by atoms with E-state index >= 15 is 0 Å². The van der Waals surface area contributed by atoms with Crippen molar-refractivity contribution >= 4 is 16.6 Å². The molecule has 0 unspecified atom stereocenters. The van der Waals surface area contributed by atoms with E-state index < -0.39 is 0 Å². The zero-order valence-electron chi connectivity index (χ0n) is 13.2. The molecule has 0 amide bonds. The molecule has 4 rings (SSSR count). The molecule has 24 heavy (non-hydrogen) atoms. The summed E-state index contributed by atoms with van der Waals surface area (Å²) in [6.45, 7) is 2.88. The average molecular weight is 320 g/mol. The van der Waals surface area contributed by atoms with Crippen LogP contribution < -0.4 is 20.2 Å². The van der Waals surface area contributed by atoms with Crippen LogP contribution in [0.5, 0.6) is 11.5 Å². The second kappa shape index (κ2) is 5.85. The second-order valence-electron chi connectivity index (χ2n) is 5.50. The number of hydrogen-bond acceptors (Lipinski definition) is 5. The molecule has 0 atom stereocenters. The summed E-state index contributed by atoms with van der Waals surface area (Å²) in [5.41, 5.74) is 2.49. The molecule has 2 heterocycles. The van der Waals surface area contributed by atoms with Gasteiger partial charge in [0.05, 0.1) is 16.9 Å². The summed E-state index contributed by atoms with van der Waals surface area (Å²) in [7, 11) is 0. The van der Waals surface area contributed by atoms with Crippen LogP contribution >= 0.6 is 0 Å². The maximum atomic E-state index is 12.7. The zero-order chi connectivity index (χ0) is 16.5. The van der Waals surface area contributed by atoms with Crippen molar-refractivity contribution in [3.63, 3.8) is 0 Å². The van der Waals surface area contributed by atoms with Crippen LogP contribution in [0, 0.1) is 0 Å². The van der Waals surface area contributed by atoms with Crippen LogP contribution in [0.1, 0.15) is 6.92 Å². The number of nitrogens with one attached hydrogen (secondary N) is 1. The molecule has 2 aromatic carbocycles. The fourth-order valence-corrected chi connectivity index (χ4v) is 2.79. The Kier molecular flexibility index (Phi) is 3.54. The number of anilines is 1. The van der Waals surface area contributed by atoms with Crippen molar-refractivity contribution in [3.05, 3.63) is 58.8 Å². The third-order valence-corrected chi connectivity index (χ3v) is 3.95. The topological polar surface area (TPSA) is 60.5 Å². The molecule has 120 valence electrons. The Labute approximate surface area is 138 Å². The minimum atomic E-state index is -0.0607. The highest BCUT2D eigenvalue weighted by Gasteiger charge is 2.15. The van der Waals surface area contributed by atoms with Gasteiger partial charge in [0.1, 0.15) is 0 Å². The Morgan fingerprint density at radius 3 is 2.71 bits per heavy atom. The predicted octanol–water partition coefficient (Wildman–Crippen LogP) is 3.42. The fourth-order valence-electron chi connectivity index (χ4n) is 2.79. The minimum absolute atomic E-state index is 0.0607. The molecule has 0 saturated heterocycles. The van der Waals surface area contributed by atoms with Gasteiger partial charge in [-0.05, 0) is 31.2 Å². The van der Waals surface area contributed by atoms with Crippen LogP contribution in [0.2, 0.25) is 0 Å². The molecule has 1 aliphatic heterocycles. The molecule has 0 aliphatic carbocycles. The summed E-state index contributed by atoms with van der Waals surface area (Å²) in [4.78, 5) is 17.4. The number of ether oxygens (including phenoxy) is 2. The Bertz CT molecular complexity index is 986. The van der Waals surface area contributed by atoms with Gasteiger partial charge in [0.2, 0.25) is 12.2 Å². The number of benzene rings is 1. The Hall–Kier alpha value is -3.08. The normalized spacial score (nSPS) is 12.4. The lowest BCUT2D eigenvalue weighted by Gasteiger charge is -2.04. The van der Waals surface area contributed by atoms with Crippen LogP contribution in [-0.4, -0.2) is 18.3 Å². The van der Waals surface area contributed by atoms with E-state index in [1.165, 1.54) is 0 Å². The first-order valence-corrected chi connectivity index (χ1v) is 7.84. The van der Waals surface area contributed by atoms with Crippen molar-refractivity contribution < 1.29 is 9.47 Å². The molecule has 1 N–H and O–H groups in total. The summed E-state index contributed by atoms with van der Waals surface area (Å²) < 4.78 is 10.8. The first-order valence-electron chi connectivity index (χ1n) is 7.84. The van der Waals surface area contributed by atoms with Crippen LogP contribution in [-0.2, 0) is 0 Å². The predicted molar refractivity (Wildman–Crippen MR) is 93.7 cm³/mol. The van der Waals surface area contributed by atoms with E-state index in [2.05, 4.69) is 10.3 Å². The standard InChI is InChI=1S/C19H16N2O3/c1-2-20-15-6-4-3-5-13(19(15)22)14-8-7-12-9-17-18(24-11-23-17)10-16(12)21-14/h3-10H,2,11H2,1H3,(H,20,22). The van der Waals surface area contributed by atoms with Gasteiger partial charge in [0, 0.05) is 23.6 Å². The summed E-state index contributed by atoms with van der Waals surface area (Å²) in [5, 5.41) is 4.05. The van der Waals surface area contributed by atoms with E-state index in [0.717, 1.165) is 16.7 Å². The van der Waals surface area contributed by atoms with Crippen molar-refractivity contribution in [2.24, 2.45) is 0 Å². The molecule has 1 aliphatic rings. The molecule has 0 spiro atoms. The number of nitrogens with zero attached hydrogens (tertiary/aromatic N) is 1. The molecule has 0 bridgehead atoms. The molecule has 3 aromatic rings. The number of rotatable bonds is 3. The third-order valence-electron chi connectivity index (χ3n) is 3.95. The van der Waals surface area contributed by atoms with E-state index in [4.69, 9.17) is 9.47 Å². The van der Waals surface area contributed by atoms with Crippen molar-refractivity contribution in [3.8, 4) is 22.8 Å². The molecule has 0 radical (unpaired) electrons. The van der Waals surface area contributed by atoms with E-state index in [1.54, 1.807) is 12.1 Å². The highest BCUT2D eigenvalue weighted by molar-refractivity contribution is 5.85. The number of aromatic nitrogens is 1. The Morgan fingerprint density at radius 1 is 1.08 bits per heavy atom.